The second-order valence-corrected chi connectivity index (χ2v) is 5.42. The lowest BCUT2D eigenvalue weighted by molar-refractivity contribution is -0.148. The third kappa shape index (κ3) is 4.37. The quantitative estimate of drug-likeness (QED) is 0.622. The summed E-state index contributed by atoms with van der Waals surface area (Å²) in [7, 11) is 0. The summed E-state index contributed by atoms with van der Waals surface area (Å²) in [5.74, 6) is -1.00. The number of ether oxygens (including phenoxy) is 1. The van der Waals surface area contributed by atoms with Crippen LogP contribution in [0.5, 0.6) is 0 Å². The van der Waals surface area contributed by atoms with Crippen LogP contribution >= 0.6 is 0 Å². The molecule has 0 spiro atoms. The van der Waals surface area contributed by atoms with Crippen LogP contribution < -0.4 is 10.6 Å². The predicted molar refractivity (Wildman–Crippen MR) is 75.6 cm³/mol. The molecule has 1 aliphatic carbocycles. The van der Waals surface area contributed by atoms with Crippen LogP contribution in [0, 0.1) is 5.92 Å². The maximum absolute atomic E-state index is 11.9. The van der Waals surface area contributed by atoms with Gasteiger partial charge in [-0.15, -0.1) is 0 Å². The number of rotatable bonds is 7. The molecule has 1 fully saturated rings. The highest BCUT2D eigenvalue weighted by molar-refractivity contribution is 5.86. The Kier molecular flexibility index (Phi) is 6.78. The Morgan fingerprint density at radius 2 is 2.10 bits per heavy atom. The van der Waals surface area contributed by atoms with Gasteiger partial charge in [0.2, 0.25) is 0 Å². The fraction of sp³-hybridized carbons (Fsp3) is 0.857. The van der Waals surface area contributed by atoms with Crippen LogP contribution in [-0.4, -0.2) is 42.4 Å². The highest BCUT2D eigenvalue weighted by atomic mass is 16.5. The molecule has 0 radical (unpaired) electrons. The molecule has 2 unspecified atom stereocenters. The highest BCUT2D eigenvalue weighted by Gasteiger charge is 2.46. The molecule has 2 amide bonds. The van der Waals surface area contributed by atoms with E-state index < -0.39 is 17.5 Å². The first kappa shape index (κ1) is 16.8. The molecule has 1 aliphatic rings. The number of nitrogens with one attached hydrogen (secondary N) is 2. The SMILES string of the molecule is CCCOCCNC(=O)NC1(C(=O)O)CCCCC1C. The fourth-order valence-electron chi connectivity index (χ4n) is 2.63. The Balaban J connectivity index is 2.45. The highest BCUT2D eigenvalue weighted by Crippen LogP contribution is 2.33. The summed E-state index contributed by atoms with van der Waals surface area (Å²) in [5.41, 5.74) is -1.13. The summed E-state index contributed by atoms with van der Waals surface area (Å²) in [6.45, 7) is 5.39. The van der Waals surface area contributed by atoms with Gasteiger partial charge in [0.1, 0.15) is 5.54 Å². The van der Waals surface area contributed by atoms with E-state index in [2.05, 4.69) is 10.6 Å². The monoisotopic (exact) mass is 286 g/mol. The summed E-state index contributed by atoms with van der Waals surface area (Å²) in [6.07, 6.45) is 4.10. The van der Waals surface area contributed by atoms with E-state index in [1.807, 2.05) is 13.8 Å². The number of carbonyl (C=O) groups excluding carboxylic acids is 1. The zero-order valence-electron chi connectivity index (χ0n) is 12.4. The lowest BCUT2D eigenvalue weighted by Crippen LogP contribution is -2.62. The zero-order valence-corrected chi connectivity index (χ0v) is 12.4. The van der Waals surface area contributed by atoms with Crippen molar-refractivity contribution in [1.29, 1.82) is 0 Å². The van der Waals surface area contributed by atoms with Gasteiger partial charge >= 0.3 is 12.0 Å². The van der Waals surface area contributed by atoms with Gasteiger partial charge in [0.05, 0.1) is 6.61 Å². The van der Waals surface area contributed by atoms with E-state index in [9.17, 15) is 14.7 Å². The molecule has 6 nitrogen and oxygen atoms in total. The second kappa shape index (κ2) is 8.09. The third-order valence-corrected chi connectivity index (χ3v) is 3.90. The first-order chi connectivity index (χ1) is 9.53. The molecule has 1 rings (SSSR count). The Morgan fingerprint density at radius 3 is 2.70 bits per heavy atom. The van der Waals surface area contributed by atoms with Gasteiger partial charge in [-0.3, -0.25) is 0 Å². The Labute approximate surface area is 120 Å². The van der Waals surface area contributed by atoms with Crippen molar-refractivity contribution in [3.8, 4) is 0 Å². The van der Waals surface area contributed by atoms with Gasteiger partial charge in [-0.05, 0) is 25.2 Å². The molecule has 0 aromatic rings. The predicted octanol–water partition coefficient (Wildman–Crippen LogP) is 1.75. The van der Waals surface area contributed by atoms with Gasteiger partial charge in [0, 0.05) is 13.2 Å². The molecule has 6 heteroatoms. The summed E-state index contributed by atoms with van der Waals surface area (Å²) >= 11 is 0. The third-order valence-electron chi connectivity index (χ3n) is 3.90. The molecule has 0 aliphatic heterocycles. The molecule has 0 aromatic heterocycles. The first-order valence-corrected chi connectivity index (χ1v) is 7.40. The number of hydrogen-bond acceptors (Lipinski definition) is 3. The van der Waals surface area contributed by atoms with Crippen LogP contribution in [0.25, 0.3) is 0 Å². The number of hydrogen-bond donors (Lipinski definition) is 3. The summed E-state index contributed by atoms with van der Waals surface area (Å²) < 4.78 is 5.26. The smallest absolute Gasteiger partial charge is 0.329 e. The van der Waals surface area contributed by atoms with Gasteiger partial charge in [-0.25, -0.2) is 9.59 Å². The van der Waals surface area contributed by atoms with Crippen molar-refractivity contribution in [2.45, 2.75) is 51.5 Å². The molecule has 3 N–H and O–H groups in total. The van der Waals surface area contributed by atoms with Crippen molar-refractivity contribution in [3.63, 3.8) is 0 Å². The zero-order chi connectivity index (χ0) is 15.0. The molecule has 0 heterocycles. The number of amides is 2. The number of carbonyl (C=O) groups is 2. The van der Waals surface area contributed by atoms with Gasteiger partial charge < -0.3 is 20.5 Å². The van der Waals surface area contributed by atoms with E-state index in [1.165, 1.54) is 0 Å². The van der Waals surface area contributed by atoms with Crippen LogP contribution in [0.3, 0.4) is 0 Å². The summed E-state index contributed by atoms with van der Waals surface area (Å²) in [5, 5.41) is 14.8. The van der Waals surface area contributed by atoms with E-state index in [-0.39, 0.29) is 5.92 Å². The number of carboxylic acids is 1. The maximum Gasteiger partial charge on any atom is 0.329 e. The molecule has 116 valence electrons. The number of urea groups is 1. The van der Waals surface area contributed by atoms with Crippen LogP contribution in [0.4, 0.5) is 4.79 Å². The number of aliphatic carboxylic acids is 1. The topological polar surface area (TPSA) is 87.7 Å². The van der Waals surface area contributed by atoms with Crippen molar-refractivity contribution in [2.75, 3.05) is 19.8 Å². The average Bonchev–Trinajstić information content (AvgIpc) is 2.41. The van der Waals surface area contributed by atoms with E-state index in [4.69, 9.17) is 4.74 Å². The van der Waals surface area contributed by atoms with Crippen LogP contribution in [0.15, 0.2) is 0 Å². The normalized spacial score (nSPS) is 26.0. The minimum Gasteiger partial charge on any atom is -0.479 e. The van der Waals surface area contributed by atoms with Crippen LogP contribution in [-0.2, 0) is 9.53 Å². The molecule has 1 saturated carbocycles. The van der Waals surface area contributed by atoms with Crippen molar-refractivity contribution in [3.05, 3.63) is 0 Å². The van der Waals surface area contributed by atoms with Crippen molar-refractivity contribution in [1.82, 2.24) is 10.6 Å². The van der Waals surface area contributed by atoms with Gasteiger partial charge in [0.15, 0.2) is 0 Å². The lowest BCUT2D eigenvalue weighted by atomic mass is 9.73. The second-order valence-electron chi connectivity index (χ2n) is 5.42. The largest absolute Gasteiger partial charge is 0.479 e. The van der Waals surface area contributed by atoms with Gasteiger partial charge in [-0.2, -0.15) is 0 Å². The van der Waals surface area contributed by atoms with Crippen molar-refractivity contribution < 1.29 is 19.4 Å². The van der Waals surface area contributed by atoms with Crippen molar-refractivity contribution >= 4 is 12.0 Å². The van der Waals surface area contributed by atoms with E-state index in [1.54, 1.807) is 0 Å². The van der Waals surface area contributed by atoms with Crippen molar-refractivity contribution in [2.24, 2.45) is 5.92 Å². The van der Waals surface area contributed by atoms with E-state index in [0.29, 0.717) is 26.2 Å². The van der Waals surface area contributed by atoms with E-state index in [0.717, 1.165) is 25.7 Å². The van der Waals surface area contributed by atoms with Crippen LogP contribution in [0.1, 0.15) is 46.0 Å². The van der Waals surface area contributed by atoms with Gasteiger partial charge in [0.25, 0.3) is 0 Å². The standard InChI is InChI=1S/C14H26N2O4/c1-3-9-20-10-8-15-13(19)16-14(12(17)18)7-5-4-6-11(14)2/h11H,3-10H2,1-2H3,(H,17,18)(H2,15,16,19). The number of carboxylic acid groups (broad SMARTS) is 1. The maximum atomic E-state index is 11.9. The Morgan fingerprint density at radius 1 is 1.35 bits per heavy atom. The summed E-state index contributed by atoms with van der Waals surface area (Å²) in [4.78, 5) is 23.4. The molecule has 0 saturated heterocycles. The molecule has 20 heavy (non-hydrogen) atoms. The van der Waals surface area contributed by atoms with E-state index >= 15 is 0 Å². The van der Waals surface area contributed by atoms with Gasteiger partial charge in [-0.1, -0.05) is 26.7 Å². The molecular formula is C14H26N2O4. The lowest BCUT2D eigenvalue weighted by Gasteiger charge is -2.39. The minimum absolute atomic E-state index is 0.0594. The average molecular weight is 286 g/mol. The molecule has 0 bridgehead atoms. The Hall–Kier alpha value is -1.30. The molecule has 2 atom stereocenters. The Bertz CT molecular complexity index is 335. The summed E-state index contributed by atoms with van der Waals surface area (Å²) in [6, 6.07) is -0.429. The first-order valence-electron chi connectivity index (χ1n) is 7.40. The molecular weight excluding hydrogens is 260 g/mol. The molecule has 0 aromatic carbocycles. The fourth-order valence-corrected chi connectivity index (χ4v) is 2.63. The minimum atomic E-state index is -1.13. The van der Waals surface area contributed by atoms with Crippen LogP contribution in [0.2, 0.25) is 0 Å².